The highest BCUT2D eigenvalue weighted by Gasteiger charge is 2.32. The highest BCUT2D eigenvalue weighted by atomic mass is 16.5. The second-order valence-corrected chi connectivity index (χ2v) is 10.8. The van der Waals surface area contributed by atoms with Crippen LogP contribution < -0.4 is 0 Å². The van der Waals surface area contributed by atoms with Crippen molar-refractivity contribution in [3.05, 3.63) is 0 Å². The molecule has 0 aliphatic carbocycles. The number of unbranched alkanes of at least 4 members (excludes halogenated alkanes) is 13. The van der Waals surface area contributed by atoms with Gasteiger partial charge in [0.1, 0.15) is 6.04 Å². The van der Waals surface area contributed by atoms with Crippen molar-refractivity contribution in [2.45, 2.75) is 155 Å². The monoisotopic (exact) mass is 527 g/mol. The Hall–Kier alpha value is -1.14. The second-order valence-electron chi connectivity index (χ2n) is 10.8. The molecule has 0 aromatic rings. The number of nitrogens with zero attached hydrogens (tertiary/aromatic N) is 1. The minimum absolute atomic E-state index is 0.0756. The summed E-state index contributed by atoms with van der Waals surface area (Å²) in [5.74, 6) is -0.928. The van der Waals surface area contributed by atoms with Gasteiger partial charge in [-0.1, -0.05) is 117 Å². The molecule has 220 valence electrons. The first kappa shape index (κ1) is 35.9. The number of rotatable bonds is 28. The van der Waals surface area contributed by atoms with Gasteiger partial charge in [0, 0.05) is 13.0 Å². The molecule has 0 amide bonds. The van der Waals surface area contributed by atoms with Crippen LogP contribution in [0.5, 0.6) is 0 Å². The van der Waals surface area contributed by atoms with Gasteiger partial charge in [0.15, 0.2) is 0 Å². The lowest BCUT2D eigenvalue weighted by molar-refractivity contribution is -0.146. The highest BCUT2D eigenvalue weighted by molar-refractivity contribution is 5.74. The number of hydrogen-bond acceptors (Lipinski definition) is 5. The van der Waals surface area contributed by atoms with Crippen LogP contribution in [0.4, 0.5) is 0 Å². The Bertz CT molecular complexity index is 516. The first-order valence-corrected chi connectivity index (χ1v) is 15.7. The third-order valence-corrected chi connectivity index (χ3v) is 7.42. The maximum atomic E-state index is 12.4. The zero-order chi connectivity index (χ0) is 27.6. The summed E-state index contributed by atoms with van der Waals surface area (Å²) in [7, 11) is 0. The molecule has 0 saturated carbocycles. The van der Waals surface area contributed by atoms with Crippen molar-refractivity contribution in [3.8, 4) is 0 Å². The average molecular weight is 528 g/mol. The lowest BCUT2D eigenvalue weighted by atomic mass is 9.87. The average Bonchev–Trinajstić information content (AvgIpc) is 2.87. The van der Waals surface area contributed by atoms with Gasteiger partial charge in [0.2, 0.25) is 0 Å². The molecule has 1 unspecified atom stereocenters. The third kappa shape index (κ3) is 20.5. The van der Waals surface area contributed by atoms with Crippen molar-refractivity contribution in [2.24, 2.45) is 5.92 Å². The molecule has 37 heavy (non-hydrogen) atoms. The highest BCUT2D eigenvalue weighted by Crippen LogP contribution is 2.26. The molecule has 0 aromatic carbocycles. The number of carboxylic acid groups (broad SMARTS) is 1. The van der Waals surface area contributed by atoms with E-state index in [1.165, 1.54) is 51.4 Å². The van der Waals surface area contributed by atoms with Crippen LogP contribution in [0.2, 0.25) is 0 Å². The number of carbonyl (C=O) groups is 2. The minimum atomic E-state index is -0.804. The molecule has 0 aliphatic rings. The summed E-state index contributed by atoms with van der Waals surface area (Å²) in [5, 5.41) is 19.9. The van der Waals surface area contributed by atoms with Crippen LogP contribution in [0.25, 0.3) is 0 Å². The number of esters is 1. The van der Waals surface area contributed by atoms with Crippen molar-refractivity contribution in [1.82, 2.24) is 4.90 Å². The van der Waals surface area contributed by atoms with Crippen LogP contribution in [0, 0.1) is 5.92 Å². The molecule has 0 radical (unpaired) electrons. The van der Waals surface area contributed by atoms with Gasteiger partial charge in [-0.05, 0) is 38.1 Å². The van der Waals surface area contributed by atoms with Crippen LogP contribution in [0.3, 0.4) is 0 Å². The van der Waals surface area contributed by atoms with E-state index in [2.05, 4.69) is 20.8 Å². The lowest BCUT2D eigenvalue weighted by Crippen LogP contribution is -2.48. The molecule has 0 rings (SSSR count). The van der Waals surface area contributed by atoms with E-state index >= 15 is 0 Å². The van der Waals surface area contributed by atoms with Gasteiger partial charge >= 0.3 is 11.9 Å². The van der Waals surface area contributed by atoms with Crippen molar-refractivity contribution >= 4 is 11.9 Å². The van der Waals surface area contributed by atoms with E-state index in [1.54, 1.807) is 0 Å². The van der Waals surface area contributed by atoms with Gasteiger partial charge in [-0.3, -0.25) is 14.5 Å². The van der Waals surface area contributed by atoms with Crippen molar-refractivity contribution in [1.29, 1.82) is 0 Å². The van der Waals surface area contributed by atoms with Gasteiger partial charge in [-0.15, -0.1) is 0 Å². The molecule has 0 saturated heterocycles. The van der Waals surface area contributed by atoms with E-state index in [1.807, 2.05) is 4.90 Å². The van der Waals surface area contributed by atoms with Gasteiger partial charge < -0.3 is 14.9 Å². The van der Waals surface area contributed by atoms with Crippen LogP contribution in [-0.2, 0) is 14.3 Å². The van der Waals surface area contributed by atoms with Crippen LogP contribution in [0.1, 0.15) is 149 Å². The molecule has 0 aromatic heterocycles. The first-order valence-electron chi connectivity index (χ1n) is 15.7. The van der Waals surface area contributed by atoms with Gasteiger partial charge in [0.25, 0.3) is 0 Å². The summed E-state index contributed by atoms with van der Waals surface area (Å²) in [5.41, 5.74) is 0. The third-order valence-electron chi connectivity index (χ3n) is 7.42. The van der Waals surface area contributed by atoms with Gasteiger partial charge in [-0.2, -0.15) is 0 Å². The Morgan fingerprint density at radius 1 is 0.676 bits per heavy atom. The zero-order valence-corrected chi connectivity index (χ0v) is 24.7. The lowest BCUT2D eigenvalue weighted by Gasteiger charge is -2.34. The second kappa shape index (κ2) is 26.5. The topological polar surface area (TPSA) is 87.1 Å². The molecule has 0 heterocycles. The smallest absolute Gasteiger partial charge is 0.321 e. The van der Waals surface area contributed by atoms with E-state index in [9.17, 15) is 19.8 Å². The fourth-order valence-electron chi connectivity index (χ4n) is 5.22. The van der Waals surface area contributed by atoms with Gasteiger partial charge in [0.05, 0.1) is 13.2 Å². The Kier molecular flexibility index (Phi) is 25.7. The first-order chi connectivity index (χ1) is 18.0. The largest absolute Gasteiger partial charge is 0.480 e. The molecule has 0 spiro atoms. The SMILES string of the molecule is CCCCCCCCCCOC(=O)CCCN(CCO)C(C(=O)O)C(CCCCCC)CCCCCC. The standard InChI is InChI=1S/C31H61NO5/c1-4-7-10-13-14-15-16-19-27-37-29(34)23-20-24-32(25-26-33)30(31(35)36)28(21-17-11-8-5-2)22-18-12-9-6-3/h28,30,33H,4-27H2,1-3H3,(H,35,36). The predicted molar refractivity (Wildman–Crippen MR) is 154 cm³/mol. The molecule has 0 bridgehead atoms. The summed E-state index contributed by atoms with van der Waals surface area (Å²) in [6, 6.07) is -0.608. The molecular formula is C31H61NO5. The molecule has 6 nitrogen and oxygen atoms in total. The molecule has 0 fully saturated rings. The van der Waals surface area contributed by atoms with E-state index in [0.717, 1.165) is 64.2 Å². The fraction of sp³-hybridized carbons (Fsp3) is 0.935. The number of carboxylic acids is 1. The molecule has 2 N–H and O–H groups in total. The van der Waals surface area contributed by atoms with Crippen molar-refractivity contribution < 1.29 is 24.5 Å². The normalized spacial score (nSPS) is 12.4. The van der Waals surface area contributed by atoms with Crippen LogP contribution in [0.15, 0.2) is 0 Å². The number of aliphatic carboxylic acids is 1. The van der Waals surface area contributed by atoms with E-state index < -0.39 is 12.0 Å². The Labute approximate surface area is 228 Å². The number of aliphatic hydroxyl groups excluding tert-OH is 1. The summed E-state index contributed by atoms with van der Waals surface area (Å²) < 4.78 is 5.41. The van der Waals surface area contributed by atoms with E-state index in [4.69, 9.17) is 4.74 Å². The minimum Gasteiger partial charge on any atom is -0.480 e. The maximum absolute atomic E-state index is 12.4. The van der Waals surface area contributed by atoms with E-state index in [0.29, 0.717) is 32.5 Å². The van der Waals surface area contributed by atoms with Crippen LogP contribution >= 0.6 is 0 Å². The maximum Gasteiger partial charge on any atom is 0.321 e. The summed E-state index contributed by atoms with van der Waals surface area (Å²) in [6.45, 7) is 7.81. The molecule has 6 heteroatoms. The Morgan fingerprint density at radius 3 is 1.65 bits per heavy atom. The molecule has 0 aliphatic heterocycles. The number of hydrogen-bond donors (Lipinski definition) is 2. The Morgan fingerprint density at radius 2 is 1.16 bits per heavy atom. The number of aliphatic hydroxyl groups is 1. The fourth-order valence-corrected chi connectivity index (χ4v) is 5.22. The molecule has 1 atom stereocenters. The molecular weight excluding hydrogens is 466 g/mol. The van der Waals surface area contributed by atoms with Crippen LogP contribution in [-0.4, -0.2) is 59.4 Å². The van der Waals surface area contributed by atoms with E-state index in [-0.39, 0.29) is 18.5 Å². The Balaban J connectivity index is 4.64. The van der Waals surface area contributed by atoms with Crippen molar-refractivity contribution in [2.75, 3.05) is 26.3 Å². The van der Waals surface area contributed by atoms with Crippen molar-refractivity contribution in [3.63, 3.8) is 0 Å². The number of ether oxygens (including phenoxy) is 1. The zero-order valence-electron chi connectivity index (χ0n) is 24.7. The summed E-state index contributed by atoms with van der Waals surface area (Å²) in [4.78, 5) is 26.5. The number of carbonyl (C=O) groups excluding carboxylic acids is 1. The van der Waals surface area contributed by atoms with Gasteiger partial charge in [-0.25, -0.2) is 0 Å². The quantitative estimate of drug-likeness (QED) is 0.0799. The predicted octanol–water partition coefficient (Wildman–Crippen LogP) is 7.76. The summed E-state index contributed by atoms with van der Waals surface area (Å²) in [6.07, 6.45) is 21.4. The summed E-state index contributed by atoms with van der Waals surface area (Å²) >= 11 is 0.